The molecule has 2 heterocycles. The van der Waals surface area contributed by atoms with Gasteiger partial charge >= 0.3 is 0 Å². The van der Waals surface area contributed by atoms with E-state index in [0.29, 0.717) is 5.90 Å². The second-order valence-corrected chi connectivity index (χ2v) is 5.45. The van der Waals surface area contributed by atoms with E-state index in [0.717, 1.165) is 15.6 Å². The quantitative estimate of drug-likeness (QED) is 0.840. The van der Waals surface area contributed by atoms with Gasteiger partial charge in [0, 0.05) is 34.9 Å². The van der Waals surface area contributed by atoms with E-state index < -0.39 is 6.23 Å². The highest BCUT2D eigenvalue weighted by molar-refractivity contribution is 9.10. The van der Waals surface area contributed by atoms with Crippen LogP contribution in [0.25, 0.3) is 0 Å². The Balaban J connectivity index is 1.93. The molecule has 0 saturated heterocycles. The highest BCUT2D eigenvalue weighted by Crippen LogP contribution is 2.29. The summed E-state index contributed by atoms with van der Waals surface area (Å²) in [6.45, 7) is 1.46. The Morgan fingerprint density at radius 1 is 1.29 bits per heavy atom. The summed E-state index contributed by atoms with van der Waals surface area (Å²) in [7, 11) is 0. The number of aromatic nitrogens is 1. The maximum Gasteiger partial charge on any atom is 0.243 e. The van der Waals surface area contributed by atoms with E-state index in [2.05, 4.69) is 26.0 Å². The number of carbonyl (C=O) groups is 1. The number of pyridine rings is 1. The van der Waals surface area contributed by atoms with Gasteiger partial charge in [-0.1, -0.05) is 22.0 Å². The minimum atomic E-state index is -0.574. The largest absolute Gasteiger partial charge is 0.446 e. The van der Waals surface area contributed by atoms with E-state index in [1.54, 1.807) is 18.5 Å². The molecular formula is C15H12BrN3O2. The van der Waals surface area contributed by atoms with Crippen molar-refractivity contribution in [2.75, 3.05) is 0 Å². The SMILES string of the molecule is CC(=O)N1N=C(c2ccc(Br)cc2)O[C@@H]1c1cccnc1. The molecule has 0 N–H and O–H groups in total. The van der Waals surface area contributed by atoms with E-state index in [4.69, 9.17) is 4.74 Å². The lowest BCUT2D eigenvalue weighted by Crippen LogP contribution is -2.25. The number of ether oxygens (including phenoxy) is 1. The van der Waals surface area contributed by atoms with E-state index >= 15 is 0 Å². The molecule has 0 spiro atoms. The van der Waals surface area contributed by atoms with Gasteiger partial charge in [-0.2, -0.15) is 5.01 Å². The van der Waals surface area contributed by atoms with Crippen LogP contribution in [0.2, 0.25) is 0 Å². The summed E-state index contributed by atoms with van der Waals surface area (Å²) in [6.07, 6.45) is 2.77. The van der Waals surface area contributed by atoms with E-state index in [9.17, 15) is 4.79 Å². The van der Waals surface area contributed by atoms with Crippen LogP contribution >= 0.6 is 15.9 Å². The first-order valence-corrected chi connectivity index (χ1v) is 7.15. The van der Waals surface area contributed by atoms with Crippen molar-refractivity contribution in [1.82, 2.24) is 9.99 Å². The Kier molecular flexibility index (Phi) is 3.70. The number of hydrogen-bond donors (Lipinski definition) is 0. The third-order valence-electron chi connectivity index (χ3n) is 3.03. The van der Waals surface area contributed by atoms with E-state index in [1.807, 2.05) is 30.3 Å². The summed E-state index contributed by atoms with van der Waals surface area (Å²) >= 11 is 3.38. The summed E-state index contributed by atoms with van der Waals surface area (Å²) in [5.41, 5.74) is 1.60. The maximum absolute atomic E-state index is 11.8. The predicted octanol–water partition coefficient (Wildman–Crippen LogP) is 3.08. The van der Waals surface area contributed by atoms with Crippen molar-refractivity contribution in [2.45, 2.75) is 13.2 Å². The fourth-order valence-corrected chi connectivity index (χ4v) is 2.28. The highest BCUT2D eigenvalue weighted by Gasteiger charge is 2.33. The third-order valence-corrected chi connectivity index (χ3v) is 3.56. The Bertz CT molecular complexity index is 686. The van der Waals surface area contributed by atoms with Crippen LogP contribution in [-0.2, 0) is 9.53 Å². The molecule has 6 heteroatoms. The van der Waals surface area contributed by atoms with Gasteiger partial charge in [0.15, 0.2) is 0 Å². The Hall–Kier alpha value is -2.21. The number of nitrogens with zero attached hydrogens (tertiary/aromatic N) is 3. The summed E-state index contributed by atoms with van der Waals surface area (Å²) < 4.78 is 6.82. The summed E-state index contributed by atoms with van der Waals surface area (Å²) in [4.78, 5) is 15.8. The van der Waals surface area contributed by atoms with Crippen LogP contribution in [0.1, 0.15) is 24.3 Å². The van der Waals surface area contributed by atoms with Gasteiger partial charge in [-0.15, -0.1) is 5.10 Å². The van der Waals surface area contributed by atoms with Crippen molar-refractivity contribution >= 4 is 27.7 Å². The molecule has 106 valence electrons. The van der Waals surface area contributed by atoms with Gasteiger partial charge in [0.2, 0.25) is 18.0 Å². The first-order valence-electron chi connectivity index (χ1n) is 6.36. The standard InChI is InChI=1S/C15H12BrN3O2/c1-10(20)19-15(12-3-2-8-17-9-12)21-14(18-19)11-4-6-13(16)7-5-11/h2-9,15H,1H3/t15-/m1/s1. The molecule has 1 aliphatic rings. The first-order chi connectivity index (χ1) is 10.1. The Morgan fingerprint density at radius 2 is 2.05 bits per heavy atom. The van der Waals surface area contributed by atoms with E-state index in [-0.39, 0.29) is 5.91 Å². The Labute approximate surface area is 130 Å². The first kappa shape index (κ1) is 13.8. The fraction of sp³-hybridized carbons (Fsp3) is 0.133. The molecule has 3 rings (SSSR count). The highest BCUT2D eigenvalue weighted by atomic mass is 79.9. The smallest absolute Gasteiger partial charge is 0.243 e. The van der Waals surface area contributed by atoms with Crippen LogP contribution < -0.4 is 0 Å². The van der Waals surface area contributed by atoms with Crippen LogP contribution in [0.15, 0.2) is 58.4 Å². The molecule has 0 bridgehead atoms. The zero-order valence-corrected chi connectivity index (χ0v) is 12.8. The lowest BCUT2D eigenvalue weighted by molar-refractivity contribution is -0.135. The number of hydrazone groups is 1. The molecule has 0 unspecified atom stereocenters. The van der Waals surface area contributed by atoms with Crippen molar-refractivity contribution in [3.8, 4) is 0 Å². The molecule has 5 nitrogen and oxygen atoms in total. The van der Waals surface area contributed by atoms with Crippen molar-refractivity contribution in [3.05, 3.63) is 64.4 Å². The van der Waals surface area contributed by atoms with Crippen LogP contribution in [-0.4, -0.2) is 21.8 Å². The summed E-state index contributed by atoms with van der Waals surface area (Å²) in [6, 6.07) is 11.2. The minimum Gasteiger partial charge on any atom is -0.446 e. The van der Waals surface area contributed by atoms with Crippen LogP contribution in [0, 0.1) is 0 Å². The monoisotopic (exact) mass is 345 g/mol. The molecule has 0 radical (unpaired) electrons. The zero-order valence-electron chi connectivity index (χ0n) is 11.2. The topological polar surface area (TPSA) is 54.8 Å². The number of rotatable bonds is 2. The van der Waals surface area contributed by atoms with Crippen molar-refractivity contribution < 1.29 is 9.53 Å². The Morgan fingerprint density at radius 3 is 2.67 bits per heavy atom. The lowest BCUT2D eigenvalue weighted by Gasteiger charge is -2.18. The average Bonchev–Trinajstić information content (AvgIpc) is 2.94. The number of halogens is 1. The molecule has 2 aromatic rings. The molecule has 1 atom stereocenters. The van der Waals surface area contributed by atoms with Crippen molar-refractivity contribution in [2.24, 2.45) is 5.10 Å². The number of carbonyl (C=O) groups excluding carboxylic acids is 1. The van der Waals surface area contributed by atoms with Gasteiger partial charge in [-0.05, 0) is 30.3 Å². The maximum atomic E-state index is 11.8. The molecule has 1 aromatic heterocycles. The molecule has 1 amide bonds. The lowest BCUT2D eigenvalue weighted by atomic mass is 10.2. The van der Waals surface area contributed by atoms with Crippen LogP contribution in [0.4, 0.5) is 0 Å². The van der Waals surface area contributed by atoms with Crippen molar-refractivity contribution in [3.63, 3.8) is 0 Å². The summed E-state index contributed by atoms with van der Waals surface area (Å²) in [5.74, 6) is 0.238. The number of benzene rings is 1. The van der Waals surface area contributed by atoms with Gasteiger partial charge < -0.3 is 4.74 Å². The molecular weight excluding hydrogens is 334 g/mol. The average molecular weight is 346 g/mol. The molecule has 1 aliphatic heterocycles. The third kappa shape index (κ3) is 2.80. The van der Waals surface area contributed by atoms with Gasteiger partial charge in [0.25, 0.3) is 0 Å². The molecule has 0 fully saturated rings. The fourth-order valence-electron chi connectivity index (χ4n) is 2.01. The van der Waals surface area contributed by atoms with Crippen molar-refractivity contribution in [1.29, 1.82) is 0 Å². The van der Waals surface area contributed by atoms with Crippen LogP contribution in [0.5, 0.6) is 0 Å². The normalized spacial score (nSPS) is 17.3. The second kappa shape index (κ2) is 5.65. The molecule has 0 saturated carbocycles. The van der Waals surface area contributed by atoms with Gasteiger partial charge in [-0.3, -0.25) is 9.78 Å². The van der Waals surface area contributed by atoms with Gasteiger partial charge in [-0.25, -0.2) is 0 Å². The van der Waals surface area contributed by atoms with Gasteiger partial charge in [0.05, 0.1) is 0 Å². The predicted molar refractivity (Wildman–Crippen MR) is 81.3 cm³/mol. The molecule has 1 aromatic carbocycles. The minimum absolute atomic E-state index is 0.184. The summed E-state index contributed by atoms with van der Waals surface area (Å²) in [5, 5.41) is 5.61. The number of hydrogen-bond acceptors (Lipinski definition) is 4. The molecule has 21 heavy (non-hydrogen) atoms. The van der Waals surface area contributed by atoms with Gasteiger partial charge in [0.1, 0.15) is 0 Å². The van der Waals surface area contributed by atoms with E-state index in [1.165, 1.54) is 11.9 Å². The zero-order chi connectivity index (χ0) is 14.8. The second-order valence-electron chi connectivity index (χ2n) is 4.53. The van der Waals surface area contributed by atoms with Crippen LogP contribution in [0.3, 0.4) is 0 Å². The number of amides is 1. The molecule has 0 aliphatic carbocycles.